The van der Waals surface area contributed by atoms with E-state index in [9.17, 15) is 0 Å². The zero-order chi connectivity index (χ0) is 14.7. The lowest BCUT2D eigenvalue weighted by Gasteiger charge is -2.46. The van der Waals surface area contributed by atoms with E-state index < -0.39 is 0 Å². The van der Waals surface area contributed by atoms with E-state index in [2.05, 4.69) is 21.1 Å². The van der Waals surface area contributed by atoms with Gasteiger partial charge < -0.3 is 4.74 Å². The van der Waals surface area contributed by atoms with Crippen LogP contribution >= 0.6 is 0 Å². The average Bonchev–Trinajstić information content (AvgIpc) is 3.04. The Balaban J connectivity index is 1.64. The number of likely N-dealkylation sites (tertiary alicyclic amines) is 2. The highest BCUT2D eigenvalue weighted by molar-refractivity contribution is 5.06. The zero-order valence-corrected chi connectivity index (χ0v) is 13.4. The molecule has 5 heteroatoms. The van der Waals surface area contributed by atoms with Crippen molar-refractivity contribution in [1.29, 1.82) is 0 Å². The minimum Gasteiger partial charge on any atom is -0.383 e. The van der Waals surface area contributed by atoms with Gasteiger partial charge in [0.15, 0.2) is 0 Å². The van der Waals surface area contributed by atoms with E-state index in [1.807, 2.05) is 17.9 Å². The fraction of sp³-hybridized carbons (Fsp3) is 0.812. The number of piperidine rings is 1. The molecular formula is C16H28N4O. The Bertz CT molecular complexity index is 461. The maximum Gasteiger partial charge on any atom is 0.0589 e. The molecule has 0 aromatic carbocycles. The van der Waals surface area contributed by atoms with Gasteiger partial charge in [-0.25, -0.2) is 0 Å². The molecule has 1 aromatic rings. The molecule has 0 bridgehead atoms. The smallest absolute Gasteiger partial charge is 0.0589 e. The van der Waals surface area contributed by atoms with Crippen molar-refractivity contribution in [3.63, 3.8) is 0 Å². The predicted octanol–water partition coefficient (Wildman–Crippen LogP) is 1.50. The second-order valence-electron chi connectivity index (χ2n) is 6.64. The van der Waals surface area contributed by atoms with Crippen LogP contribution in [0, 0.1) is 0 Å². The number of aromatic nitrogens is 2. The van der Waals surface area contributed by atoms with Gasteiger partial charge >= 0.3 is 0 Å². The standard InChI is InChI=1S/C16H28N4O/c1-18-12-15(11-17-18)13-19-7-3-5-16(14-19)6-4-8-20(16)9-10-21-2/h11-12H,3-10,13-14H2,1-2H3/t16-/m1/s1. The van der Waals surface area contributed by atoms with E-state index >= 15 is 0 Å². The Morgan fingerprint density at radius 1 is 1.29 bits per heavy atom. The van der Waals surface area contributed by atoms with E-state index in [1.54, 1.807) is 7.11 Å². The molecule has 1 aromatic heterocycles. The second kappa shape index (κ2) is 6.46. The monoisotopic (exact) mass is 292 g/mol. The summed E-state index contributed by atoms with van der Waals surface area (Å²) in [5.41, 5.74) is 1.73. The highest BCUT2D eigenvalue weighted by Gasteiger charge is 2.43. The number of nitrogens with zero attached hydrogens (tertiary/aromatic N) is 4. The third-order valence-corrected chi connectivity index (χ3v) is 5.11. The van der Waals surface area contributed by atoms with Crippen LogP contribution in [0.2, 0.25) is 0 Å². The van der Waals surface area contributed by atoms with Gasteiger partial charge in [-0.3, -0.25) is 14.5 Å². The zero-order valence-electron chi connectivity index (χ0n) is 13.4. The van der Waals surface area contributed by atoms with Crippen molar-refractivity contribution in [2.75, 3.05) is 39.9 Å². The van der Waals surface area contributed by atoms with Crippen LogP contribution in [0.5, 0.6) is 0 Å². The van der Waals surface area contributed by atoms with Gasteiger partial charge in [0.1, 0.15) is 0 Å². The maximum atomic E-state index is 5.30. The minimum absolute atomic E-state index is 0.402. The van der Waals surface area contributed by atoms with Crippen LogP contribution in [-0.4, -0.2) is 65.0 Å². The van der Waals surface area contributed by atoms with Crippen LogP contribution in [0.4, 0.5) is 0 Å². The van der Waals surface area contributed by atoms with Crippen molar-refractivity contribution in [3.8, 4) is 0 Å². The Morgan fingerprint density at radius 3 is 2.81 bits per heavy atom. The summed E-state index contributed by atoms with van der Waals surface area (Å²) in [5, 5.41) is 4.29. The summed E-state index contributed by atoms with van der Waals surface area (Å²) in [5.74, 6) is 0. The molecule has 5 nitrogen and oxygen atoms in total. The van der Waals surface area contributed by atoms with E-state index in [4.69, 9.17) is 4.74 Å². The Morgan fingerprint density at radius 2 is 2.10 bits per heavy atom. The number of hydrogen-bond acceptors (Lipinski definition) is 4. The predicted molar refractivity (Wildman–Crippen MR) is 83.1 cm³/mol. The van der Waals surface area contributed by atoms with Crippen molar-refractivity contribution in [2.24, 2.45) is 7.05 Å². The van der Waals surface area contributed by atoms with Crippen molar-refractivity contribution in [3.05, 3.63) is 18.0 Å². The molecule has 0 aliphatic carbocycles. The molecule has 0 saturated carbocycles. The van der Waals surface area contributed by atoms with Crippen LogP contribution in [0.25, 0.3) is 0 Å². The molecule has 0 radical (unpaired) electrons. The summed E-state index contributed by atoms with van der Waals surface area (Å²) in [7, 11) is 3.79. The van der Waals surface area contributed by atoms with Gasteiger partial charge in [0, 0.05) is 51.1 Å². The Labute approximate surface area is 127 Å². The average molecular weight is 292 g/mol. The quantitative estimate of drug-likeness (QED) is 0.823. The topological polar surface area (TPSA) is 33.5 Å². The first-order valence-electron chi connectivity index (χ1n) is 8.16. The number of rotatable bonds is 5. The van der Waals surface area contributed by atoms with E-state index in [1.165, 1.54) is 50.9 Å². The van der Waals surface area contributed by atoms with Crippen molar-refractivity contribution in [2.45, 2.75) is 37.8 Å². The van der Waals surface area contributed by atoms with Gasteiger partial charge in [-0.15, -0.1) is 0 Å². The second-order valence-corrected chi connectivity index (χ2v) is 6.64. The van der Waals surface area contributed by atoms with Crippen LogP contribution in [0.15, 0.2) is 12.4 Å². The molecule has 3 rings (SSSR count). The Hall–Kier alpha value is -0.910. The summed E-state index contributed by atoms with van der Waals surface area (Å²) < 4.78 is 7.20. The summed E-state index contributed by atoms with van der Waals surface area (Å²) >= 11 is 0. The normalized spacial score (nSPS) is 27.7. The molecule has 21 heavy (non-hydrogen) atoms. The lowest BCUT2D eigenvalue weighted by atomic mass is 9.86. The summed E-state index contributed by atoms with van der Waals surface area (Å²) in [6, 6.07) is 0. The molecule has 118 valence electrons. The van der Waals surface area contributed by atoms with Gasteiger partial charge in [-0.2, -0.15) is 5.10 Å². The maximum absolute atomic E-state index is 5.30. The molecular weight excluding hydrogens is 264 g/mol. The number of hydrogen-bond donors (Lipinski definition) is 0. The lowest BCUT2D eigenvalue weighted by molar-refractivity contribution is 0.0230. The molecule has 2 fully saturated rings. The fourth-order valence-electron chi connectivity index (χ4n) is 4.16. The molecule has 2 aliphatic rings. The van der Waals surface area contributed by atoms with E-state index in [0.29, 0.717) is 5.54 Å². The highest BCUT2D eigenvalue weighted by Crippen LogP contribution is 2.37. The molecule has 1 spiro atoms. The van der Waals surface area contributed by atoms with Crippen molar-refractivity contribution >= 4 is 0 Å². The molecule has 0 amide bonds. The van der Waals surface area contributed by atoms with Gasteiger partial charge in [0.25, 0.3) is 0 Å². The highest BCUT2D eigenvalue weighted by atomic mass is 16.5. The summed E-state index contributed by atoms with van der Waals surface area (Å²) in [4.78, 5) is 5.30. The first kappa shape index (κ1) is 15.0. The van der Waals surface area contributed by atoms with Crippen molar-refractivity contribution < 1.29 is 4.74 Å². The molecule has 3 heterocycles. The lowest BCUT2D eigenvalue weighted by Crippen LogP contribution is -2.55. The largest absolute Gasteiger partial charge is 0.383 e. The fourth-order valence-corrected chi connectivity index (χ4v) is 4.16. The van der Waals surface area contributed by atoms with Crippen LogP contribution in [-0.2, 0) is 18.3 Å². The first-order chi connectivity index (χ1) is 10.2. The molecule has 0 unspecified atom stereocenters. The first-order valence-corrected chi connectivity index (χ1v) is 8.16. The van der Waals surface area contributed by atoms with Crippen LogP contribution in [0.1, 0.15) is 31.2 Å². The van der Waals surface area contributed by atoms with Crippen LogP contribution in [0.3, 0.4) is 0 Å². The summed E-state index contributed by atoms with van der Waals surface area (Å²) in [6.45, 7) is 6.62. The molecule has 0 N–H and O–H groups in total. The van der Waals surface area contributed by atoms with Gasteiger partial charge in [-0.1, -0.05) is 0 Å². The minimum atomic E-state index is 0.402. The van der Waals surface area contributed by atoms with Gasteiger partial charge in [-0.05, 0) is 38.8 Å². The molecule has 2 saturated heterocycles. The molecule has 2 aliphatic heterocycles. The third kappa shape index (κ3) is 3.30. The van der Waals surface area contributed by atoms with Gasteiger partial charge in [0.2, 0.25) is 0 Å². The van der Waals surface area contributed by atoms with E-state index in [0.717, 1.165) is 19.7 Å². The van der Waals surface area contributed by atoms with Gasteiger partial charge in [0.05, 0.1) is 12.8 Å². The number of aryl methyl sites for hydroxylation is 1. The number of ether oxygens (including phenoxy) is 1. The van der Waals surface area contributed by atoms with Crippen molar-refractivity contribution in [1.82, 2.24) is 19.6 Å². The Kier molecular flexibility index (Phi) is 4.62. The third-order valence-electron chi connectivity index (χ3n) is 5.11. The summed E-state index contributed by atoms with van der Waals surface area (Å²) in [6.07, 6.45) is 9.48. The van der Waals surface area contributed by atoms with Crippen LogP contribution < -0.4 is 0 Å². The number of methoxy groups -OCH3 is 1. The molecule has 1 atom stereocenters. The van der Waals surface area contributed by atoms with E-state index in [-0.39, 0.29) is 0 Å². The SMILES string of the molecule is COCCN1CCC[C@@]12CCCN(Cc1cnn(C)c1)C2.